The van der Waals surface area contributed by atoms with Crippen LogP contribution in [0.1, 0.15) is 50.8 Å². The molecule has 0 saturated heterocycles. The molecule has 2 rings (SSSR count). The first-order valence-electron chi connectivity index (χ1n) is 11.2. The zero-order chi connectivity index (χ0) is 26.3. The Labute approximate surface area is 205 Å². The second kappa shape index (κ2) is 12.1. The number of aliphatic hydroxyl groups is 2. The van der Waals surface area contributed by atoms with E-state index in [1.807, 2.05) is 13.8 Å². The Balaban J connectivity index is 2.46. The Morgan fingerprint density at radius 1 is 1.23 bits per heavy atom. The standard InChI is InChI=1S/C24H32FN3O6S/c1-6-34-21(31)14-19(30)13-18(29)11-12-20-22(15(2)3)26-24(28(4)35(5,32)33)27-23(20)16-7-9-17(25)10-8-16/h7-10,14-15,18,29-30H,6,11-13H2,1-5H3/t18-/m0/s1. The fourth-order valence-electron chi connectivity index (χ4n) is 3.38. The summed E-state index contributed by atoms with van der Waals surface area (Å²) in [5.74, 6) is -1.57. The van der Waals surface area contributed by atoms with Gasteiger partial charge in [-0.15, -0.1) is 0 Å². The molecular formula is C24H32FN3O6S. The van der Waals surface area contributed by atoms with Gasteiger partial charge in [0.2, 0.25) is 16.0 Å². The number of hydrogen-bond acceptors (Lipinski definition) is 8. The molecule has 0 bridgehead atoms. The molecule has 0 fully saturated rings. The summed E-state index contributed by atoms with van der Waals surface area (Å²) in [6.07, 6.45) is 1.31. The predicted molar refractivity (Wildman–Crippen MR) is 131 cm³/mol. The molecule has 0 radical (unpaired) electrons. The monoisotopic (exact) mass is 509 g/mol. The van der Waals surface area contributed by atoms with Gasteiger partial charge in [-0.2, -0.15) is 0 Å². The summed E-state index contributed by atoms with van der Waals surface area (Å²) in [5, 5.41) is 20.4. The zero-order valence-electron chi connectivity index (χ0n) is 20.5. The van der Waals surface area contributed by atoms with E-state index in [-0.39, 0.29) is 43.5 Å². The van der Waals surface area contributed by atoms with Gasteiger partial charge >= 0.3 is 5.97 Å². The van der Waals surface area contributed by atoms with E-state index in [9.17, 15) is 27.8 Å². The molecule has 1 aromatic carbocycles. The molecule has 0 amide bonds. The molecule has 1 atom stereocenters. The van der Waals surface area contributed by atoms with Crippen molar-refractivity contribution < 1.29 is 32.6 Å². The number of carbonyl (C=O) groups is 1. The van der Waals surface area contributed by atoms with Crippen molar-refractivity contribution in [3.8, 4) is 11.3 Å². The quantitative estimate of drug-likeness (QED) is 0.267. The number of ether oxygens (including phenoxy) is 1. The van der Waals surface area contributed by atoms with E-state index >= 15 is 0 Å². The second-order valence-corrected chi connectivity index (χ2v) is 10.4. The Morgan fingerprint density at radius 3 is 2.40 bits per heavy atom. The normalized spacial score (nSPS) is 13.1. The van der Waals surface area contributed by atoms with Gasteiger partial charge in [-0.25, -0.2) is 31.9 Å². The highest BCUT2D eigenvalue weighted by Gasteiger charge is 2.23. The van der Waals surface area contributed by atoms with Crippen molar-refractivity contribution in [2.75, 3.05) is 24.2 Å². The number of benzene rings is 1. The van der Waals surface area contributed by atoms with Gasteiger partial charge in [0.1, 0.15) is 11.6 Å². The van der Waals surface area contributed by atoms with Crippen LogP contribution in [0.5, 0.6) is 0 Å². The molecule has 0 spiro atoms. The first kappa shape index (κ1) is 28.2. The molecule has 11 heteroatoms. The highest BCUT2D eigenvalue weighted by molar-refractivity contribution is 7.92. The van der Waals surface area contributed by atoms with Gasteiger partial charge in [-0.05, 0) is 49.9 Å². The van der Waals surface area contributed by atoms with Crippen LogP contribution in [0.15, 0.2) is 36.1 Å². The van der Waals surface area contributed by atoms with Crippen LogP contribution in [-0.2, 0) is 26.0 Å². The third-order valence-electron chi connectivity index (χ3n) is 5.21. The molecular weight excluding hydrogens is 477 g/mol. The molecule has 192 valence electrons. The van der Waals surface area contributed by atoms with Crippen LogP contribution in [0, 0.1) is 5.82 Å². The van der Waals surface area contributed by atoms with Gasteiger partial charge in [-0.3, -0.25) is 0 Å². The summed E-state index contributed by atoms with van der Waals surface area (Å²) < 4.78 is 43.5. The summed E-state index contributed by atoms with van der Waals surface area (Å²) in [6, 6.07) is 5.65. The Kier molecular flexibility index (Phi) is 9.73. The van der Waals surface area contributed by atoms with Crippen LogP contribution in [-0.4, -0.2) is 60.6 Å². The summed E-state index contributed by atoms with van der Waals surface area (Å²) in [7, 11) is -2.28. The van der Waals surface area contributed by atoms with Crippen LogP contribution in [0.25, 0.3) is 11.3 Å². The third-order valence-corrected chi connectivity index (χ3v) is 6.37. The lowest BCUT2D eigenvalue weighted by Crippen LogP contribution is -2.28. The Bertz CT molecular complexity index is 1170. The second-order valence-electron chi connectivity index (χ2n) is 8.41. The highest BCUT2D eigenvalue weighted by Crippen LogP contribution is 2.32. The smallest absolute Gasteiger partial charge is 0.334 e. The predicted octanol–water partition coefficient (Wildman–Crippen LogP) is 3.49. The van der Waals surface area contributed by atoms with E-state index in [2.05, 4.69) is 9.97 Å². The Hall–Kier alpha value is -3.05. The molecule has 9 nitrogen and oxygen atoms in total. The van der Waals surface area contributed by atoms with Crippen molar-refractivity contribution in [1.82, 2.24) is 9.97 Å². The average molecular weight is 510 g/mol. The fourth-order valence-corrected chi connectivity index (χ4v) is 3.76. The summed E-state index contributed by atoms with van der Waals surface area (Å²) in [4.78, 5) is 20.5. The largest absolute Gasteiger partial charge is 0.512 e. The van der Waals surface area contributed by atoms with Gasteiger partial charge < -0.3 is 14.9 Å². The molecule has 0 aliphatic heterocycles. The van der Waals surface area contributed by atoms with Crippen LogP contribution in [0.2, 0.25) is 0 Å². The van der Waals surface area contributed by atoms with E-state index in [0.29, 0.717) is 22.5 Å². The van der Waals surface area contributed by atoms with E-state index < -0.39 is 27.9 Å². The van der Waals surface area contributed by atoms with Crippen molar-refractivity contribution in [3.63, 3.8) is 0 Å². The van der Waals surface area contributed by atoms with E-state index in [1.165, 1.54) is 19.2 Å². The zero-order valence-corrected chi connectivity index (χ0v) is 21.3. The van der Waals surface area contributed by atoms with Gasteiger partial charge in [0, 0.05) is 24.6 Å². The molecule has 1 heterocycles. The van der Waals surface area contributed by atoms with Crippen LogP contribution >= 0.6 is 0 Å². The molecule has 0 unspecified atom stereocenters. The van der Waals surface area contributed by atoms with Crippen molar-refractivity contribution in [3.05, 3.63) is 53.2 Å². The maximum atomic E-state index is 13.6. The van der Waals surface area contributed by atoms with Gasteiger partial charge in [0.05, 0.1) is 36.4 Å². The maximum absolute atomic E-state index is 13.6. The number of aromatic nitrogens is 2. The number of hydrogen-bond donors (Lipinski definition) is 2. The van der Waals surface area contributed by atoms with Crippen molar-refractivity contribution >= 4 is 21.9 Å². The van der Waals surface area contributed by atoms with E-state index in [0.717, 1.165) is 16.6 Å². The number of esters is 1. The maximum Gasteiger partial charge on any atom is 0.334 e. The molecule has 1 aromatic heterocycles. The lowest BCUT2D eigenvalue weighted by atomic mass is 9.93. The summed E-state index contributed by atoms with van der Waals surface area (Å²) >= 11 is 0. The van der Waals surface area contributed by atoms with Crippen molar-refractivity contribution in [2.45, 2.75) is 52.1 Å². The number of sulfonamides is 1. The van der Waals surface area contributed by atoms with E-state index in [4.69, 9.17) is 4.74 Å². The minimum Gasteiger partial charge on any atom is -0.512 e. The number of nitrogens with zero attached hydrogens (tertiary/aromatic N) is 3. The average Bonchev–Trinajstić information content (AvgIpc) is 2.76. The topological polar surface area (TPSA) is 130 Å². The van der Waals surface area contributed by atoms with Crippen LogP contribution < -0.4 is 4.31 Å². The highest BCUT2D eigenvalue weighted by atomic mass is 32.2. The molecule has 2 aromatic rings. The first-order valence-corrected chi connectivity index (χ1v) is 13.0. The molecule has 35 heavy (non-hydrogen) atoms. The number of anilines is 1. The summed E-state index contributed by atoms with van der Waals surface area (Å²) in [5.41, 5.74) is 2.24. The molecule has 0 aliphatic carbocycles. The van der Waals surface area contributed by atoms with Gasteiger partial charge in [0.15, 0.2) is 0 Å². The fraction of sp³-hybridized carbons (Fsp3) is 0.458. The third kappa shape index (κ3) is 8.00. The van der Waals surface area contributed by atoms with Gasteiger partial charge in [-0.1, -0.05) is 13.8 Å². The minimum atomic E-state index is -3.63. The number of carbonyl (C=O) groups excluding carboxylic acids is 1. The number of aliphatic hydroxyl groups excluding tert-OH is 2. The number of halogens is 1. The lowest BCUT2D eigenvalue weighted by molar-refractivity contribution is -0.137. The summed E-state index contributed by atoms with van der Waals surface area (Å²) in [6.45, 7) is 5.60. The Morgan fingerprint density at radius 2 is 1.86 bits per heavy atom. The SMILES string of the molecule is CCOC(=O)C=C(O)C[C@@H](O)CCc1c(-c2ccc(F)cc2)nc(N(C)S(C)(=O)=O)nc1C(C)C. The molecule has 0 saturated carbocycles. The first-order chi connectivity index (χ1) is 16.3. The van der Waals surface area contributed by atoms with Crippen molar-refractivity contribution in [1.29, 1.82) is 0 Å². The van der Waals surface area contributed by atoms with Crippen LogP contribution in [0.3, 0.4) is 0 Å². The number of rotatable bonds is 11. The molecule has 0 aliphatic rings. The minimum absolute atomic E-state index is 0.0187. The van der Waals surface area contributed by atoms with Crippen LogP contribution in [0.4, 0.5) is 10.3 Å². The van der Waals surface area contributed by atoms with Gasteiger partial charge in [0.25, 0.3) is 0 Å². The van der Waals surface area contributed by atoms with Crippen molar-refractivity contribution in [2.24, 2.45) is 0 Å². The van der Waals surface area contributed by atoms with E-state index in [1.54, 1.807) is 19.1 Å². The lowest BCUT2D eigenvalue weighted by Gasteiger charge is -2.22. The molecule has 2 N–H and O–H groups in total.